The van der Waals surface area contributed by atoms with E-state index >= 15 is 0 Å². The Morgan fingerprint density at radius 1 is 0.875 bits per heavy atom. The topological polar surface area (TPSA) is 168 Å². The van der Waals surface area contributed by atoms with Crippen molar-refractivity contribution in [3.63, 3.8) is 0 Å². The van der Waals surface area contributed by atoms with Crippen LogP contribution < -0.4 is 0 Å². The second-order valence-corrected chi connectivity index (χ2v) is 4.94. The lowest BCUT2D eigenvalue weighted by Gasteiger charge is -2.20. The van der Waals surface area contributed by atoms with E-state index in [1.165, 1.54) is 0 Å². The summed E-state index contributed by atoms with van der Waals surface area (Å²) in [5.41, 5.74) is 0. The van der Waals surface area contributed by atoms with Gasteiger partial charge >= 0.3 is 11.9 Å². The molecule has 12 nitrogen and oxygen atoms in total. The lowest BCUT2D eigenvalue weighted by molar-refractivity contribution is -0.215. The van der Waals surface area contributed by atoms with Crippen LogP contribution in [0.2, 0.25) is 0 Å². The monoisotopic (exact) mass is 344 g/mol. The van der Waals surface area contributed by atoms with Crippen LogP contribution in [0, 0.1) is 0 Å². The third-order valence-electron chi connectivity index (χ3n) is 3.12. The van der Waals surface area contributed by atoms with Crippen molar-refractivity contribution in [2.24, 2.45) is 0 Å². The van der Waals surface area contributed by atoms with E-state index in [9.17, 15) is 39.0 Å². The van der Waals surface area contributed by atoms with Crippen LogP contribution in [0.3, 0.4) is 0 Å². The molecule has 12 heteroatoms. The van der Waals surface area contributed by atoms with Crippen LogP contribution in [0.25, 0.3) is 0 Å². The summed E-state index contributed by atoms with van der Waals surface area (Å²) < 4.78 is 0. The van der Waals surface area contributed by atoms with Crippen molar-refractivity contribution in [1.29, 1.82) is 0 Å². The minimum atomic E-state index is -2.48. The van der Waals surface area contributed by atoms with Gasteiger partial charge in [-0.1, -0.05) is 0 Å². The van der Waals surface area contributed by atoms with Crippen LogP contribution in [-0.4, -0.2) is 74.5 Å². The fraction of sp³-hybridized carbons (Fsp3) is 0.500. The standard InChI is InChI=1S/C12H12N2O10/c15-5-3-8(18)13(4-5)23-11(21)9(19)10(20)12(22)24-14-6(16)1-2-7(14)17/h9-10,19-20H,1-4H2/t9-,10-/m1/s1. The van der Waals surface area contributed by atoms with Gasteiger partial charge in [-0.05, 0) is 0 Å². The summed E-state index contributed by atoms with van der Waals surface area (Å²) in [6.45, 7) is -0.519. The fourth-order valence-corrected chi connectivity index (χ4v) is 1.87. The summed E-state index contributed by atoms with van der Waals surface area (Å²) in [5, 5.41) is 19.6. The number of rotatable bonds is 5. The molecule has 2 rings (SSSR count). The third kappa shape index (κ3) is 3.55. The predicted molar refractivity (Wildman–Crippen MR) is 66.6 cm³/mol. The second kappa shape index (κ2) is 6.72. The number of Topliss-reactive ketones (excluding diaryl/α,β-unsaturated/α-hetero) is 1. The summed E-state index contributed by atoms with van der Waals surface area (Å²) in [6.07, 6.45) is -5.79. The van der Waals surface area contributed by atoms with Crippen LogP contribution in [0.5, 0.6) is 0 Å². The number of aliphatic hydroxyl groups excluding tert-OH is 2. The van der Waals surface area contributed by atoms with Crippen molar-refractivity contribution in [3.05, 3.63) is 0 Å². The molecule has 0 spiro atoms. The second-order valence-electron chi connectivity index (χ2n) is 4.94. The molecule has 3 amide bonds. The van der Waals surface area contributed by atoms with E-state index in [2.05, 4.69) is 9.68 Å². The van der Waals surface area contributed by atoms with Crippen LogP contribution in [0.1, 0.15) is 19.3 Å². The first-order valence-corrected chi connectivity index (χ1v) is 6.68. The highest BCUT2D eigenvalue weighted by Crippen LogP contribution is 2.14. The molecule has 0 aliphatic carbocycles. The Morgan fingerprint density at radius 2 is 1.38 bits per heavy atom. The number of carbonyl (C=O) groups is 6. The lowest BCUT2D eigenvalue weighted by atomic mass is 10.2. The first-order valence-electron chi connectivity index (χ1n) is 6.68. The molecule has 2 atom stereocenters. The molecule has 0 radical (unpaired) electrons. The van der Waals surface area contributed by atoms with Gasteiger partial charge in [-0.25, -0.2) is 9.59 Å². The molecular formula is C12H12N2O10. The molecule has 2 fully saturated rings. The summed E-state index contributed by atoms with van der Waals surface area (Å²) in [4.78, 5) is 76.6. The zero-order valence-corrected chi connectivity index (χ0v) is 12.0. The Kier molecular flexibility index (Phi) is 4.90. The average Bonchev–Trinajstić information content (AvgIpc) is 3.00. The largest absolute Gasteiger partial charge is 0.379 e. The van der Waals surface area contributed by atoms with E-state index in [4.69, 9.17) is 0 Å². The number of carbonyl (C=O) groups excluding carboxylic acids is 6. The number of imide groups is 1. The summed E-state index contributed by atoms with van der Waals surface area (Å²) in [5.74, 6) is -6.23. The SMILES string of the molecule is O=C1CC(=O)N(OC(=O)[C@H](O)[C@@H](O)C(=O)ON2C(=O)CCC2=O)C1. The average molecular weight is 344 g/mol. The van der Waals surface area contributed by atoms with Gasteiger partial charge in [0, 0.05) is 12.8 Å². The van der Waals surface area contributed by atoms with E-state index in [0.717, 1.165) is 0 Å². The highest BCUT2D eigenvalue weighted by molar-refractivity contribution is 6.05. The van der Waals surface area contributed by atoms with E-state index in [-0.39, 0.29) is 17.9 Å². The minimum absolute atomic E-state index is 0.117. The minimum Gasteiger partial charge on any atom is -0.379 e. The van der Waals surface area contributed by atoms with E-state index in [0.29, 0.717) is 5.06 Å². The summed E-state index contributed by atoms with van der Waals surface area (Å²) >= 11 is 0. The van der Waals surface area contributed by atoms with Crippen molar-refractivity contribution in [2.75, 3.05) is 6.54 Å². The van der Waals surface area contributed by atoms with Gasteiger partial charge in [0.2, 0.25) is 0 Å². The molecule has 2 saturated heterocycles. The normalized spacial score (nSPS) is 20.4. The van der Waals surface area contributed by atoms with Crippen LogP contribution in [0.15, 0.2) is 0 Å². The molecule has 2 heterocycles. The maximum atomic E-state index is 11.6. The fourth-order valence-electron chi connectivity index (χ4n) is 1.87. The number of hydroxylamine groups is 4. The molecule has 0 bridgehead atoms. The van der Waals surface area contributed by atoms with Crippen LogP contribution >= 0.6 is 0 Å². The summed E-state index contributed by atoms with van der Waals surface area (Å²) in [7, 11) is 0. The predicted octanol–water partition coefficient (Wildman–Crippen LogP) is -3.42. The number of amides is 3. The van der Waals surface area contributed by atoms with E-state index in [1.54, 1.807) is 0 Å². The van der Waals surface area contributed by atoms with Gasteiger partial charge in [0.25, 0.3) is 17.7 Å². The Hall–Kier alpha value is -2.86. The molecule has 0 unspecified atom stereocenters. The zero-order valence-electron chi connectivity index (χ0n) is 12.0. The Balaban J connectivity index is 1.91. The molecule has 130 valence electrons. The number of aliphatic hydroxyl groups is 2. The van der Waals surface area contributed by atoms with Crippen molar-refractivity contribution in [3.8, 4) is 0 Å². The smallest absolute Gasteiger partial charge is 0.364 e. The molecule has 0 aromatic heterocycles. The van der Waals surface area contributed by atoms with Crippen LogP contribution in [0.4, 0.5) is 0 Å². The lowest BCUT2D eigenvalue weighted by Crippen LogP contribution is -2.46. The van der Waals surface area contributed by atoms with Gasteiger partial charge in [-0.15, -0.1) is 5.06 Å². The maximum Gasteiger partial charge on any atom is 0.364 e. The van der Waals surface area contributed by atoms with E-state index in [1.807, 2.05) is 0 Å². The molecule has 2 aliphatic heterocycles. The molecule has 0 aromatic rings. The van der Waals surface area contributed by atoms with Crippen LogP contribution in [-0.2, 0) is 38.4 Å². The number of hydrogen-bond acceptors (Lipinski definition) is 10. The molecule has 2 N–H and O–H groups in total. The highest BCUT2D eigenvalue weighted by atomic mass is 16.7. The van der Waals surface area contributed by atoms with Gasteiger partial charge in [0.1, 0.15) is 6.54 Å². The van der Waals surface area contributed by atoms with Gasteiger partial charge in [0.05, 0.1) is 6.42 Å². The van der Waals surface area contributed by atoms with Gasteiger partial charge < -0.3 is 19.9 Å². The van der Waals surface area contributed by atoms with Crippen molar-refractivity contribution < 1.29 is 48.7 Å². The molecule has 24 heavy (non-hydrogen) atoms. The number of ketones is 1. The Bertz CT molecular complexity index is 613. The van der Waals surface area contributed by atoms with Crippen molar-refractivity contribution in [2.45, 2.75) is 31.5 Å². The molecule has 0 aromatic carbocycles. The Labute approximate surface area is 133 Å². The molecular weight excluding hydrogens is 332 g/mol. The third-order valence-corrected chi connectivity index (χ3v) is 3.12. The highest BCUT2D eigenvalue weighted by Gasteiger charge is 2.40. The molecule has 0 saturated carbocycles. The first-order chi connectivity index (χ1) is 11.2. The van der Waals surface area contributed by atoms with E-state index < -0.39 is 60.6 Å². The number of nitrogens with zero attached hydrogens (tertiary/aromatic N) is 2. The van der Waals surface area contributed by atoms with Gasteiger partial charge in [-0.3, -0.25) is 19.2 Å². The van der Waals surface area contributed by atoms with Gasteiger partial charge in [0.15, 0.2) is 18.0 Å². The number of hydrogen-bond donors (Lipinski definition) is 2. The summed E-state index contributed by atoms with van der Waals surface area (Å²) in [6, 6.07) is 0. The molecule has 2 aliphatic rings. The van der Waals surface area contributed by atoms with Crippen molar-refractivity contribution >= 4 is 35.4 Å². The van der Waals surface area contributed by atoms with Gasteiger partial charge in [-0.2, -0.15) is 5.06 Å². The maximum absolute atomic E-state index is 11.6. The zero-order chi connectivity index (χ0) is 18.0. The Morgan fingerprint density at radius 3 is 1.83 bits per heavy atom. The quantitative estimate of drug-likeness (QED) is 0.378. The van der Waals surface area contributed by atoms with Crippen molar-refractivity contribution in [1.82, 2.24) is 10.1 Å². The first kappa shape index (κ1) is 17.5.